The topological polar surface area (TPSA) is 62.3 Å². The SMILES string of the molecule is CCCCC1(CC(=O)O)OCCc2c1[nH]c1c(C)ccc(F)c21. The second-order valence-electron chi connectivity index (χ2n) is 6.36. The minimum Gasteiger partial charge on any atom is -0.481 e. The number of halogens is 1. The van der Waals surface area contributed by atoms with Crippen LogP contribution < -0.4 is 0 Å². The number of ether oxygens (including phenoxy) is 1. The summed E-state index contributed by atoms with van der Waals surface area (Å²) in [5.41, 5.74) is 2.46. The first-order valence-electron chi connectivity index (χ1n) is 8.14. The van der Waals surface area contributed by atoms with Gasteiger partial charge in [0, 0.05) is 5.39 Å². The fourth-order valence-corrected chi connectivity index (χ4v) is 3.65. The molecule has 1 aromatic carbocycles. The van der Waals surface area contributed by atoms with E-state index in [1.54, 1.807) is 6.07 Å². The van der Waals surface area contributed by atoms with E-state index in [0.29, 0.717) is 24.8 Å². The van der Waals surface area contributed by atoms with E-state index < -0.39 is 11.6 Å². The Morgan fingerprint density at radius 1 is 1.48 bits per heavy atom. The maximum Gasteiger partial charge on any atom is 0.306 e. The second-order valence-corrected chi connectivity index (χ2v) is 6.36. The van der Waals surface area contributed by atoms with Crippen LogP contribution >= 0.6 is 0 Å². The van der Waals surface area contributed by atoms with Crippen molar-refractivity contribution < 1.29 is 19.0 Å². The molecule has 1 atom stereocenters. The van der Waals surface area contributed by atoms with Crippen LogP contribution in [-0.4, -0.2) is 22.7 Å². The lowest BCUT2D eigenvalue weighted by Gasteiger charge is -2.36. The molecule has 1 aromatic heterocycles. The smallest absolute Gasteiger partial charge is 0.306 e. The van der Waals surface area contributed by atoms with Gasteiger partial charge in [-0.25, -0.2) is 4.39 Å². The van der Waals surface area contributed by atoms with Crippen LogP contribution in [-0.2, 0) is 21.6 Å². The summed E-state index contributed by atoms with van der Waals surface area (Å²) in [5.74, 6) is -1.16. The monoisotopic (exact) mass is 319 g/mol. The maximum absolute atomic E-state index is 14.4. The molecule has 2 N–H and O–H groups in total. The Morgan fingerprint density at radius 3 is 2.96 bits per heavy atom. The summed E-state index contributed by atoms with van der Waals surface area (Å²) in [6, 6.07) is 3.22. The molecule has 1 aliphatic heterocycles. The van der Waals surface area contributed by atoms with E-state index in [1.165, 1.54) is 6.07 Å². The number of hydrogen-bond acceptors (Lipinski definition) is 2. The van der Waals surface area contributed by atoms with Gasteiger partial charge in [-0.2, -0.15) is 0 Å². The van der Waals surface area contributed by atoms with Crippen molar-refractivity contribution in [1.82, 2.24) is 4.98 Å². The van der Waals surface area contributed by atoms with E-state index >= 15 is 0 Å². The fourth-order valence-electron chi connectivity index (χ4n) is 3.65. The molecule has 0 spiro atoms. The van der Waals surface area contributed by atoms with Gasteiger partial charge in [-0.1, -0.05) is 25.8 Å². The highest BCUT2D eigenvalue weighted by atomic mass is 19.1. The normalized spacial score (nSPS) is 20.7. The zero-order valence-electron chi connectivity index (χ0n) is 13.5. The third-order valence-electron chi connectivity index (χ3n) is 4.77. The Bertz CT molecular complexity index is 752. The maximum atomic E-state index is 14.4. The number of benzene rings is 1. The molecule has 0 saturated carbocycles. The summed E-state index contributed by atoms with van der Waals surface area (Å²) in [4.78, 5) is 14.7. The largest absolute Gasteiger partial charge is 0.481 e. The first kappa shape index (κ1) is 16.0. The lowest BCUT2D eigenvalue weighted by atomic mass is 9.84. The number of nitrogens with one attached hydrogen (secondary N) is 1. The molecular weight excluding hydrogens is 297 g/mol. The van der Waals surface area contributed by atoms with Crippen molar-refractivity contribution in [2.24, 2.45) is 0 Å². The minimum absolute atomic E-state index is 0.104. The van der Waals surface area contributed by atoms with Gasteiger partial charge in [-0.05, 0) is 37.0 Å². The number of H-pyrrole nitrogens is 1. The van der Waals surface area contributed by atoms with Gasteiger partial charge in [0.2, 0.25) is 0 Å². The van der Waals surface area contributed by atoms with Crippen LogP contribution in [0, 0.1) is 12.7 Å². The molecule has 2 aromatic rings. The van der Waals surface area contributed by atoms with Crippen molar-refractivity contribution in [2.75, 3.05) is 6.61 Å². The quantitative estimate of drug-likeness (QED) is 0.874. The molecule has 124 valence electrons. The molecule has 23 heavy (non-hydrogen) atoms. The Morgan fingerprint density at radius 2 is 2.26 bits per heavy atom. The molecule has 3 rings (SSSR count). The minimum atomic E-state index is -0.898. The Hall–Kier alpha value is -1.88. The standard InChI is InChI=1S/C18H22FNO3/c1-3-4-8-18(10-14(21)22)17-12(7-9-23-18)15-13(19)6-5-11(2)16(15)20-17/h5-6,20H,3-4,7-10H2,1-2H3,(H,21,22). The summed E-state index contributed by atoms with van der Waals surface area (Å²) < 4.78 is 20.4. The van der Waals surface area contributed by atoms with E-state index in [1.807, 2.05) is 6.92 Å². The van der Waals surface area contributed by atoms with E-state index in [-0.39, 0.29) is 12.2 Å². The molecule has 0 bridgehead atoms. The molecule has 2 heterocycles. The number of aromatic amines is 1. The molecule has 5 heteroatoms. The average Bonchev–Trinajstić information content (AvgIpc) is 2.91. The van der Waals surface area contributed by atoms with Gasteiger partial charge in [-0.3, -0.25) is 4.79 Å². The first-order valence-corrected chi connectivity index (χ1v) is 8.14. The highest BCUT2D eigenvalue weighted by Gasteiger charge is 2.42. The molecule has 1 unspecified atom stereocenters. The number of hydrogen-bond donors (Lipinski definition) is 2. The number of aromatic nitrogens is 1. The average molecular weight is 319 g/mol. The second kappa shape index (κ2) is 5.96. The zero-order valence-corrected chi connectivity index (χ0v) is 13.5. The van der Waals surface area contributed by atoms with E-state index in [2.05, 4.69) is 11.9 Å². The number of aliphatic carboxylic acids is 1. The summed E-state index contributed by atoms with van der Waals surface area (Å²) in [7, 11) is 0. The lowest BCUT2D eigenvalue weighted by molar-refractivity contribution is -0.149. The van der Waals surface area contributed by atoms with Crippen LogP contribution in [0.5, 0.6) is 0 Å². The van der Waals surface area contributed by atoms with Crippen molar-refractivity contribution in [3.8, 4) is 0 Å². The molecular formula is C18H22FNO3. The number of carboxylic acids is 1. The van der Waals surface area contributed by atoms with Crippen LogP contribution in [0.3, 0.4) is 0 Å². The van der Waals surface area contributed by atoms with Gasteiger partial charge in [0.15, 0.2) is 0 Å². The van der Waals surface area contributed by atoms with Gasteiger partial charge >= 0.3 is 5.97 Å². The Balaban J connectivity index is 2.22. The molecule has 0 radical (unpaired) electrons. The molecule has 0 amide bonds. The van der Waals surface area contributed by atoms with Crippen LogP contribution in [0.4, 0.5) is 4.39 Å². The van der Waals surface area contributed by atoms with E-state index in [4.69, 9.17) is 4.74 Å². The highest BCUT2D eigenvalue weighted by molar-refractivity contribution is 5.88. The third-order valence-corrected chi connectivity index (χ3v) is 4.77. The number of aryl methyl sites for hydroxylation is 1. The van der Waals surface area contributed by atoms with Crippen molar-refractivity contribution in [3.05, 3.63) is 34.8 Å². The molecule has 1 aliphatic rings. The van der Waals surface area contributed by atoms with Gasteiger partial charge < -0.3 is 14.8 Å². The van der Waals surface area contributed by atoms with E-state index in [9.17, 15) is 14.3 Å². The number of rotatable bonds is 5. The lowest BCUT2D eigenvalue weighted by Crippen LogP contribution is -2.38. The van der Waals surface area contributed by atoms with Crippen LogP contribution in [0.25, 0.3) is 10.9 Å². The van der Waals surface area contributed by atoms with Crippen molar-refractivity contribution in [2.45, 2.75) is 51.6 Å². The van der Waals surface area contributed by atoms with Crippen molar-refractivity contribution in [3.63, 3.8) is 0 Å². The van der Waals surface area contributed by atoms with Crippen LogP contribution in [0.1, 0.15) is 49.4 Å². The van der Waals surface area contributed by atoms with Crippen LogP contribution in [0.2, 0.25) is 0 Å². The number of carbonyl (C=O) groups is 1. The Kier molecular flexibility index (Phi) is 4.15. The molecule has 0 saturated heterocycles. The number of fused-ring (bicyclic) bond motifs is 3. The summed E-state index contributed by atoms with van der Waals surface area (Å²) in [6.45, 7) is 4.41. The van der Waals surface area contributed by atoms with Gasteiger partial charge in [0.1, 0.15) is 11.4 Å². The van der Waals surface area contributed by atoms with E-state index in [0.717, 1.165) is 35.2 Å². The number of carboxylic acid groups (broad SMARTS) is 1. The van der Waals surface area contributed by atoms with Crippen molar-refractivity contribution in [1.29, 1.82) is 0 Å². The number of unbranched alkanes of at least 4 members (excludes halogenated alkanes) is 1. The van der Waals surface area contributed by atoms with Crippen molar-refractivity contribution >= 4 is 16.9 Å². The molecule has 4 nitrogen and oxygen atoms in total. The zero-order chi connectivity index (χ0) is 16.6. The third kappa shape index (κ3) is 2.63. The summed E-state index contributed by atoms with van der Waals surface area (Å²) in [5, 5.41) is 9.96. The summed E-state index contributed by atoms with van der Waals surface area (Å²) in [6.07, 6.45) is 2.93. The fraction of sp³-hybridized carbons (Fsp3) is 0.500. The van der Waals surface area contributed by atoms with Gasteiger partial charge in [0.05, 0.1) is 24.2 Å². The highest BCUT2D eigenvalue weighted by Crippen LogP contribution is 2.43. The Labute approximate surface area is 134 Å². The predicted octanol–water partition coefficient (Wildman–Crippen LogP) is 4.05. The molecule has 0 aliphatic carbocycles. The first-order chi connectivity index (χ1) is 11.0. The van der Waals surface area contributed by atoms with Gasteiger partial charge in [0.25, 0.3) is 0 Å². The summed E-state index contributed by atoms with van der Waals surface area (Å²) >= 11 is 0. The van der Waals surface area contributed by atoms with Crippen LogP contribution in [0.15, 0.2) is 12.1 Å². The molecule has 0 fully saturated rings. The van der Waals surface area contributed by atoms with Gasteiger partial charge in [-0.15, -0.1) is 0 Å². The predicted molar refractivity (Wildman–Crippen MR) is 86.1 cm³/mol.